The minimum Gasteiger partial charge on any atom is -0.393 e. The number of halogens is 1. The molecule has 2 aromatic heterocycles. The standard InChI is InChI=1S/C15H18ClN3O2/c1-10-7-18(5-4-13(10)20)9-12-6-15(21)19-8-11(16)2-3-14(19)17-12/h2-3,6,8,10,13,20H,4-5,7,9H2,1H3. The summed E-state index contributed by atoms with van der Waals surface area (Å²) < 4.78 is 1.45. The Morgan fingerprint density at radius 2 is 2.29 bits per heavy atom. The third kappa shape index (κ3) is 3.10. The number of aromatic nitrogens is 2. The van der Waals surface area contributed by atoms with Gasteiger partial charge >= 0.3 is 0 Å². The Hall–Kier alpha value is -1.43. The average molecular weight is 308 g/mol. The lowest BCUT2D eigenvalue weighted by Crippen LogP contribution is -2.41. The van der Waals surface area contributed by atoms with Gasteiger partial charge in [-0.2, -0.15) is 0 Å². The topological polar surface area (TPSA) is 57.8 Å². The summed E-state index contributed by atoms with van der Waals surface area (Å²) in [7, 11) is 0. The molecule has 1 aliphatic rings. The number of fused-ring (bicyclic) bond motifs is 1. The minimum atomic E-state index is -0.224. The first-order valence-electron chi connectivity index (χ1n) is 7.11. The number of hydrogen-bond donors (Lipinski definition) is 1. The molecule has 0 saturated carbocycles. The van der Waals surface area contributed by atoms with Crippen LogP contribution in [0.4, 0.5) is 0 Å². The van der Waals surface area contributed by atoms with Crippen LogP contribution < -0.4 is 5.56 Å². The maximum Gasteiger partial charge on any atom is 0.258 e. The van der Waals surface area contributed by atoms with E-state index in [1.54, 1.807) is 24.4 Å². The number of hydrogen-bond acceptors (Lipinski definition) is 4. The Kier molecular flexibility index (Phi) is 3.97. The van der Waals surface area contributed by atoms with Gasteiger partial charge in [-0.15, -0.1) is 0 Å². The van der Waals surface area contributed by atoms with Gasteiger partial charge in [-0.3, -0.25) is 14.1 Å². The molecule has 1 aliphatic heterocycles. The predicted octanol–water partition coefficient (Wildman–Crippen LogP) is 1.55. The second kappa shape index (κ2) is 5.75. The molecule has 0 amide bonds. The molecule has 6 heteroatoms. The van der Waals surface area contributed by atoms with Gasteiger partial charge in [0.15, 0.2) is 0 Å². The number of aliphatic hydroxyl groups excluding tert-OH is 1. The quantitative estimate of drug-likeness (QED) is 0.914. The molecule has 1 saturated heterocycles. The smallest absolute Gasteiger partial charge is 0.258 e. The first-order valence-corrected chi connectivity index (χ1v) is 7.49. The molecule has 1 N–H and O–H groups in total. The van der Waals surface area contributed by atoms with Gasteiger partial charge in [0, 0.05) is 31.9 Å². The first-order chi connectivity index (χ1) is 10.0. The third-order valence-corrected chi connectivity index (χ3v) is 4.23. The van der Waals surface area contributed by atoms with Gasteiger partial charge in [0.2, 0.25) is 0 Å². The van der Waals surface area contributed by atoms with Gasteiger partial charge in [0.1, 0.15) is 5.65 Å². The number of pyridine rings is 1. The van der Waals surface area contributed by atoms with Crippen molar-refractivity contribution in [1.29, 1.82) is 0 Å². The summed E-state index contributed by atoms with van der Waals surface area (Å²) in [4.78, 5) is 18.9. The lowest BCUT2D eigenvalue weighted by Gasteiger charge is -2.34. The third-order valence-electron chi connectivity index (χ3n) is 4.01. The average Bonchev–Trinajstić information content (AvgIpc) is 2.44. The number of nitrogens with zero attached hydrogens (tertiary/aromatic N) is 3. The highest BCUT2D eigenvalue weighted by atomic mass is 35.5. The largest absolute Gasteiger partial charge is 0.393 e. The molecular formula is C15H18ClN3O2. The Morgan fingerprint density at radius 1 is 1.48 bits per heavy atom. The maximum atomic E-state index is 12.1. The minimum absolute atomic E-state index is 0.123. The zero-order valence-corrected chi connectivity index (χ0v) is 12.6. The highest BCUT2D eigenvalue weighted by Gasteiger charge is 2.24. The molecule has 1 fully saturated rings. The van der Waals surface area contributed by atoms with Crippen LogP contribution in [0.15, 0.2) is 29.2 Å². The van der Waals surface area contributed by atoms with Crippen molar-refractivity contribution in [2.75, 3.05) is 13.1 Å². The van der Waals surface area contributed by atoms with E-state index in [1.807, 2.05) is 6.92 Å². The number of rotatable bonds is 2. The SMILES string of the molecule is CC1CN(Cc2cc(=O)n3cc(Cl)ccc3n2)CCC1O. The molecule has 3 rings (SSSR count). The van der Waals surface area contributed by atoms with Gasteiger partial charge in [-0.25, -0.2) is 4.98 Å². The van der Waals surface area contributed by atoms with Gasteiger partial charge in [-0.1, -0.05) is 18.5 Å². The van der Waals surface area contributed by atoms with Crippen molar-refractivity contribution in [3.8, 4) is 0 Å². The van der Waals surface area contributed by atoms with E-state index in [2.05, 4.69) is 9.88 Å². The Bertz CT molecular complexity index is 716. The summed E-state index contributed by atoms with van der Waals surface area (Å²) in [6.45, 7) is 4.32. The van der Waals surface area contributed by atoms with E-state index in [9.17, 15) is 9.90 Å². The van der Waals surface area contributed by atoms with Crippen LogP contribution in [0.1, 0.15) is 19.0 Å². The van der Waals surface area contributed by atoms with Crippen molar-refractivity contribution in [3.05, 3.63) is 45.5 Å². The van der Waals surface area contributed by atoms with Gasteiger partial charge in [0.25, 0.3) is 5.56 Å². The van der Waals surface area contributed by atoms with Crippen molar-refractivity contribution in [2.24, 2.45) is 5.92 Å². The van der Waals surface area contributed by atoms with E-state index >= 15 is 0 Å². The van der Waals surface area contributed by atoms with Crippen molar-refractivity contribution in [3.63, 3.8) is 0 Å². The van der Waals surface area contributed by atoms with Crippen molar-refractivity contribution in [1.82, 2.24) is 14.3 Å². The van der Waals surface area contributed by atoms with E-state index in [1.165, 1.54) is 4.40 Å². The van der Waals surface area contributed by atoms with Crippen LogP contribution in [0.3, 0.4) is 0 Å². The van der Waals surface area contributed by atoms with Gasteiger partial charge < -0.3 is 5.11 Å². The molecule has 112 valence electrons. The molecule has 21 heavy (non-hydrogen) atoms. The number of aliphatic hydroxyl groups is 1. The van der Waals surface area contributed by atoms with Crippen LogP contribution >= 0.6 is 11.6 Å². The summed E-state index contributed by atoms with van der Waals surface area (Å²) >= 11 is 5.90. The lowest BCUT2D eigenvalue weighted by atomic mass is 9.97. The predicted molar refractivity (Wildman–Crippen MR) is 81.5 cm³/mol. The second-order valence-corrected chi connectivity index (χ2v) is 6.17. The molecule has 2 atom stereocenters. The fraction of sp³-hybridized carbons (Fsp3) is 0.467. The fourth-order valence-electron chi connectivity index (χ4n) is 2.80. The van der Waals surface area contributed by atoms with Gasteiger partial charge in [-0.05, 0) is 24.5 Å². The summed E-state index contributed by atoms with van der Waals surface area (Å²) in [6.07, 6.45) is 2.12. The molecule has 0 aliphatic carbocycles. The van der Waals surface area contributed by atoms with Crippen LogP contribution in [0, 0.1) is 5.92 Å². The lowest BCUT2D eigenvalue weighted by molar-refractivity contribution is 0.0315. The molecule has 5 nitrogen and oxygen atoms in total. The molecule has 0 aromatic carbocycles. The molecule has 0 bridgehead atoms. The van der Waals surface area contributed by atoms with E-state index < -0.39 is 0 Å². The molecule has 2 unspecified atom stereocenters. The van der Waals surface area contributed by atoms with Gasteiger partial charge in [0.05, 0.1) is 16.8 Å². The Balaban J connectivity index is 1.85. The zero-order valence-electron chi connectivity index (χ0n) is 11.9. The summed E-state index contributed by atoms with van der Waals surface area (Å²) in [5.41, 5.74) is 1.24. The maximum absolute atomic E-state index is 12.1. The fourth-order valence-corrected chi connectivity index (χ4v) is 2.96. The highest BCUT2D eigenvalue weighted by molar-refractivity contribution is 6.30. The van der Waals surface area contributed by atoms with Crippen molar-refractivity contribution >= 4 is 17.2 Å². The normalized spacial score (nSPS) is 23.6. The van der Waals surface area contributed by atoms with Crippen LogP contribution in [0.5, 0.6) is 0 Å². The molecule has 2 aromatic rings. The van der Waals surface area contributed by atoms with E-state index in [0.29, 0.717) is 17.2 Å². The molecule has 3 heterocycles. The number of piperidine rings is 1. The zero-order chi connectivity index (χ0) is 15.0. The summed E-state index contributed by atoms with van der Waals surface area (Å²) in [5.74, 6) is 0.249. The molecule has 0 radical (unpaired) electrons. The van der Waals surface area contributed by atoms with E-state index in [0.717, 1.165) is 25.2 Å². The Morgan fingerprint density at radius 3 is 3.05 bits per heavy atom. The van der Waals surface area contributed by atoms with Crippen molar-refractivity contribution < 1.29 is 5.11 Å². The highest BCUT2D eigenvalue weighted by Crippen LogP contribution is 2.18. The van der Waals surface area contributed by atoms with E-state index in [-0.39, 0.29) is 17.6 Å². The molecule has 0 spiro atoms. The Labute approximate surface area is 127 Å². The van der Waals surface area contributed by atoms with Crippen LogP contribution in [-0.2, 0) is 6.54 Å². The van der Waals surface area contributed by atoms with E-state index in [4.69, 9.17) is 11.6 Å². The number of likely N-dealkylation sites (tertiary alicyclic amines) is 1. The molecular weight excluding hydrogens is 290 g/mol. The van der Waals surface area contributed by atoms with Crippen LogP contribution in [0.25, 0.3) is 5.65 Å². The summed E-state index contributed by atoms with van der Waals surface area (Å²) in [5, 5.41) is 10.3. The van der Waals surface area contributed by atoms with Crippen LogP contribution in [0.2, 0.25) is 5.02 Å². The summed E-state index contributed by atoms with van der Waals surface area (Å²) in [6, 6.07) is 5.03. The second-order valence-electron chi connectivity index (χ2n) is 5.73. The first kappa shape index (κ1) is 14.5. The van der Waals surface area contributed by atoms with Crippen molar-refractivity contribution in [2.45, 2.75) is 26.0 Å². The van der Waals surface area contributed by atoms with Crippen LogP contribution in [-0.4, -0.2) is 38.6 Å². The monoisotopic (exact) mass is 307 g/mol.